The lowest BCUT2D eigenvalue weighted by molar-refractivity contribution is -0.168. The minimum atomic E-state index is -1.36. The second-order valence-corrected chi connectivity index (χ2v) is 9.77. The molecule has 2 aliphatic carbocycles. The predicted octanol–water partition coefficient (Wildman–Crippen LogP) is 1.79. The summed E-state index contributed by atoms with van der Waals surface area (Å²) in [6.07, 6.45) is 1.76. The number of ether oxygens (including phenoxy) is 3. The van der Waals surface area contributed by atoms with Crippen molar-refractivity contribution in [2.75, 3.05) is 27.4 Å². The lowest BCUT2D eigenvalue weighted by Crippen LogP contribution is -2.41. The summed E-state index contributed by atoms with van der Waals surface area (Å²) in [7, 11) is 2.55. The van der Waals surface area contributed by atoms with Gasteiger partial charge in [-0.3, -0.25) is 19.2 Å². The first-order valence-electron chi connectivity index (χ1n) is 12.1. The highest BCUT2D eigenvalue weighted by atomic mass is 16.6. The average Bonchev–Trinajstić information content (AvgIpc) is 3.82. The van der Waals surface area contributed by atoms with Crippen LogP contribution in [0.15, 0.2) is 60.7 Å². The molecule has 3 fully saturated rings. The molecule has 3 aliphatic rings. The highest BCUT2D eigenvalue weighted by Crippen LogP contribution is 2.69. The highest BCUT2D eigenvalue weighted by Gasteiger charge is 2.80. The van der Waals surface area contributed by atoms with E-state index in [-0.39, 0.29) is 13.0 Å². The summed E-state index contributed by atoms with van der Waals surface area (Å²) in [5.41, 5.74) is 3.65. The van der Waals surface area contributed by atoms with Gasteiger partial charge in [-0.1, -0.05) is 60.7 Å². The van der Waals surface area contributed by atoms with Crippen LogP contribution in [0.3, 0.4) is 0 Å². The van der Waals surface area contributed by atoms with E-state index >= 15 is 0 Å². The van der Waals surface area contributed by atoms with Gasteiger partial charge in [-0.15, -0.1) is 0 Å². The van der Waals surface area contributed by atoms with Crippen LogP contribution in [-0.4, -0.2) is 56.4 Å². The summed E-state index contributed by atoms with van der Waals surface area (Å²) >= 11 is 0. The molecule has 2 saturated carbocycles. The largest absolute Gasteiger partial charge is 0.468 e. The number of rotatable bonds is 7. The maximum absolute atomic E-state index is 12.0. The standard InChI is InChI=1S/C14H17NO4.C14H14O4/c1-19-12(18)14(11(15)17)9-13(14,7-8-16)10-5-3-2-4-6-10;1-17-11(15)14-9-13(14,7-8-18-12(14)16)10-5-3-2-4-6-10/h2-6,16H,7-9H2,1H3,(H2,15,17);2-6H,7-9H2,1H3. The van der Waals surface area contributed by atoms with Gasteiger partial charge in [0.1, 0.15) is 0 Å². The number of methoxy groups -OCH3 is 2. The summed E-state index contributed by atoms with van der Waals surface area (Å²) in [5, 5.41) is 9.27. The average molecular weight is 510 g/mol. The number of amides is 1. The number of esters is 3. The fraction of sp³-hybridized carbons (Fsp3) is 0.429. The van der Waals surface area contributed by atoms with Crippen LogP contribution in [0.1, 0.15) is 36.8 Å². The Labute approximate surface area is 214 Å². The molecule has 1 amide bonds. The summed E-state index contributed by atoms with van der Waals surface area (Å²) in [6, 6.07) is 18.9. The Kier molecular flexibility index (Phi) is 6.85. The van der Waals surface area contributed by atoms with Crippen LogP contribution in [0.5, 0.6) is 0 Å². The normalized spacial score (nSPS) is 30.9. The van der Waals surface area contributed by atoms with Crippen LogP contribution in [0, 0.1) is 10.8 Å². The molecule has 9 nitrogen and oxygen atoms in total. The Morgan fingerprint density at radius 1 is 0.919 bits per heavy atom. The minimum Gasteiger partial charge on any atom is -0.468 e. The van der Waals surface area contributed by atoms with Crippen molar-refractivity contribution >= 4 is 23.8 Å². The van der Waals surface area contributed by atoms with Crippen molar-refractivity contribution in [2.45, 2.75) is 36.5 Å². The number of benzene rings is 2. The van der Waals surface area contributed by atoms with Crippen LogP contribution in [0.2, 0.25) is 0 Å². The Morgan fingerprint density at radius 2 is 1.49 bits per heavy atom. The van der Waals surface area contributed by atoms with Crippen LogP contribution in [0.25, 0.3) is 0 Å². The third-order valence-electron chi connectivity index (χ3n) is 8.31. The maximum Gasteiger partial charge on any atom is 0.324 e. The number of nitrogens with two attached hydrogens (primary N) is 1. The minimum absolute atomic E-state index is 0.124. The van der Waals surface area contributed by atoms with Gasteiger partial charge in [-0.05, 0) is 36.8 Å². The van der Waals surface area contributed by atoms with Gasteiger partial charge < -0.3 is 25.1 Å². The molecule has 0 spiro atoms. The van der Waals surface area contributed by atoms with Crippen molar-refractivity contribution in [1.29, 1.82) is 0 Å². The number of primary amides is 1. The topological polar surface area (TPSA) is 142 Å². The molecule has 3 N–H and O–H groups in total. The van der Waals surface area contributed by atoms with Gasteiger partial charge in [0.05, 0.1) is 20.8 Å². The molecule has 0 bridgehead atoms. The number of hydrogen-bond donors (Lipinski definition) is 2. The Bertz CT molecular complexity index is 1190. The molecule has 4 atom stereocenters. The molecule has 0 aromatic heterocycles. The lowest BCUT2D eigenvalue weighted by atomic mass is 9.82. The molecule has 2 aromatic rings. The highest BCUT2D eigenvalue weighted by molar-refractivity contribution is 6.08. The number of fused-ring (bicyclic) bond motifs is 1. The van der Waals surface area contributed by atoms with Crippen molar-refractivity contribution in [1.82, 2.24) is 0 Å². The first-order chi connectivity index (χ1) is 17.7. The van der Waals surface area contributed by atoms with Gasteiger partial charge >= 0.3 is 17.9 Å². The quantitative estimate of drug-likeness (QED) is 0.327. The second-order valence-electron chi connectivity index (χ2n) is 9.77. The molecule has 37 heavy (non-hydrogen) atoms. The zero-order chi connectivity index (χ0) is 26.9. The van der Waals surface area contributed by atoms with Gasteiger partial charge in [0, 0.05) is 17.4 Å². The summed E-state index contributed by atoms with van der Waals surface area (Å²) in [6.45, 7) is 0.243. The van der Waals surface area contributed by atoms with E-state index < -0.39 is 45.5 Å². The third kappa shape index (κ3) is 3.71. The van der Waals surface area contributed by atoms with E-state index in [9.17, 15) is 24.3 Å². The second kappa shape index (κ2) is 9.63. The van der Waals surface area contributed by atoms with E-state index in [1.165, 1.54) is 14.2 Å². The Hall–Kier alpha value is -3.72. The van der Waals surface area contributed by atoms with Crippen LogP contribution in [0.4, 0.5) is 0 Å². The predicted molar refractivity (Wildman–Crippen MR) is 131 cm³/mol. The zero-order valence-electron chi connectivity index (χ0n) is 20.9. The zero-order valence-corrected chi connectivity index (χ0v) is 20.9. The molecule has 1 heterocycles. The van der Waals surface area contributed by atoms with Gasteiger partial charge in [-0.2, -0.15) is 0 Å². The molecular formula is C28H31NO8. The summed E-state index contributed by atoms with van der Waals surface area (Å²) in [5.74, 6) is -2.24. The van der Waals surface area contributed by atoms with Crippen molar-refractivity contribution in [3.8, 4) is 0 Å². The lowest BCUT2D eigenvalue weighted by Gasteiger charge is -2.27. The first-order valence-corrected chi connectivity index (χ1v) is 12.1. The fourth-order valence-electron chi connectivity index (χ4n) is 6.21. The smallest absolute Gasteiger partial charge is 0.324 e. The molecule has 4 unspecified atom stereocenters. The van der Waals surface area contributed by atoms with Crippen molar-refractivity contribution < 1.29 is 38.5 Å². The van der Waals surface area contributed by atoms with E-state index in [1.54, 1.807) is 0 Å². The van der Waals surface area contributed by atoms with E-state index in [4.69, 9.17) is 19.9 Å². The van der Waals surface area contributed by atoms with Gasteiger partial charge in [0.2, 0.25) is 5.91 Å². The van der Waals surface area contributed by atoms with Crippen LogP contribution in [-0.2, 0) is 44.2 Å². The molecule has 2 aromatic carbocycles. The number of hydrogen-bond acceptors (Lipinski definition) is 8. The van der Waals surface area contributed by atoms with Crippen LogP contribution < -0.4 is 5.73 Å². The molecule has 0 radical (unpaired) electrons. The molecule has 196 valence electrons. The SMILES string of the molecule is COC(=O)C1(C(N)=O)CC1(CCO)c1ccccc1.COC(=O)C12CC1(c1ccccc1)CCOC2=O. The summed E-state index contributed by atoms with van der Waals surface area (Å²) in [4.78, 5) is 47.8. The number of cyclic esters (lactones) is 1. The molecule has 9 heteroatoms. The van der Waals surface area contributed by atoms with Gasteiger partial charge in [0.25, 0.3) is 0 Å². The Balaban J connectivity index is 0.000000173. The number of carbonyl (C=O) groups excluding carboxylic acids is 4. The number of carbonyl (C=O) groups is 4. The number of aliphatic hydroxyl groups is 1. The van der Waals surface area contributed by atoms with Crippen molar-refractivity contribution in [3.63, 3.8) is 0 Å². The van der Waals surface area contributed by atoms with E-state index in [1.807, 2.05) is 60.7 Å². The van der Waals surface area contributed by atoms with E-state index in [0.29, 0.717) is 25.9 Å². The Morgan fingerprint density at radius 3 is 2.00 bits per heavy atom. The molecule has 5 rings (SSSR count). The molecule has 1 aliphatic heterocycles. The monoisotopic (exact) mass is 509 g/mol. The van der Waals surface area contributed by atoms with Crippen molar-refractivity contribution in [3.05, 3.63) is 71.8 Å². The van der Waals surface area contributed by atoms with Gasteiger partial charge in [0.15, 0.2) is 10.8 Å². The van der Waals surface area contributed by atoms with Crippen molar-refractivity contribution in [2.24, 2.45) is 16.6 Å². The first kappa shape index (κ1) is 26.3. The summed E-state index contributed by atoms with van der Waals surface area (Å²) < 4.78 is 14.6. The van der Waals surface area contributed by atoms with Gasteiger partial charge in [-0.25, -0.2) is 0 Å². The van der Waals surface area contributed by atoms with E-state index in [2.05, 4.69) is 0 Å². The third-order valence-corrected chi connectivity index (χ3v) is 8.31. The number of aliphatic hydroxyl groups excluding tert-OH is 1. The maximum atomic E-state index is 12.0. The fourth-order valence-corrected chi connectivity index (χ4v) is 6.21. The molecular weight excluding hydrogens is 478 g/mol. The van der Waals surface area contributed by atoms with Crippen LogP contribution >= 0.6 is 0 Å². The molecule has 1 saturated heterocycles. The van der Waals surface area contributed by atoms with E-state index in [0.717, 1.165) is 11.1 Å².